The molecule has 9 nitrogen and oxygen atoms in total. The fraction of sp³-hybridized carbons (Fsp3) is 0.250. The van der Waals surface area contributed by atoms with E-state index in [0.29, 0.717) is 17.3 Å². The minimum atomic E-state index is -5.08. The van der Waals surface area contributed by atoms with Gasteiger partial charge >= 0.3 is 24.3 Å². The van der Waals surface area contributed by atoms with Crippen LogP contribution in [-0.4, -0.2) is 50.2 Å². The number of thiazole rings is 1. The lowest BCUT2D eigenvalue weighted by atomic mass is 10.0. The Hall–Kier alpha value is -4.80. The molecule has 0 radical (unpaired) electrons. The first kappa shape index (κ1) is 36.4. The summed E-state index contributed by atoms with van der Waals surface area (Å²) in [6, 6.07) is 10.5. The molecule has 2 aromatic heterocycles. The number of aliphatic carboxylic acids is 2. The van der Waals surface area contributed by atoms with E-state index in [4.69, 9.17) is 9.90 Å². The molecule has 242 valence electrons. The summed E-state index contributed by atoms with van der Waals surface area (Å²) in [4.78, 5) is 40.5. The molecule has 0 unspecified atom stereocenters. The number of aromatic nitrogens is 2. The van der Waals surface area contributed by atoms with Gasteiger partial charge in [-0.1, -0.05) is 50.8 Å². The molecule has 4 aromatic rings. The third-order valence-electron chi connectivity index (χ3n) is 5.73. The van der Waals surface area contributed by atoms with Gasteiger partial charge in [0.15, 0.2) is 10.8 Å². The van der Waals surface area contributed by atoms with Gasteiger partial charge in [0.2, 0.25) is 0 Å². The number of carbonyl (C=O) groups is 3. The highest BCUT2D eigenvalue weighted by molar-refractivity contribution is 7.22. The standard InChI is InChI=1S/C25H20F4N4O3S.C2HF3O2.CH4/c1-12(2)20(23(35)36)32-22(34)14-5-3-13(4-6-14)15-7-8-18(17(26)9-15)31-24-33-21-19(37-24)10-16(11-30-21)25(27,28)29;3-2(4,5)1(6)7;/h3-12,20H,1-2H3,(H,32,34)(H,35,36)(H,30,31,33);(H,6,7);1H4/t20-;;/m0../s1. The zero-order chi connectivity index (χ0) is 33.0. The molecule has 2 heterocycles. The van der Waals surface area contributed by atoms with Crippen molar-refractivity contribution >= 4 is 50.3 Å². The number of hydrogen-bond acceptors (Lipinski definition) is 7. The molecule has 17 heteroatoms. The largest absolute Gasteiger partial charge is 0.490 e. The van der Waals surface area contributed by atoms with Gasteiger partial charge in [-0.25, -0.2) is 19.0 Å². The van der Waals surface area contributed by atoms with Gasteiger partial charge in [0.05, 0.1) is 16.0 Å². The summed E-state index contributed by atoms with van der Waals surface area (Å²) >= 11 is 0.917. The van der Waals surface area contributed by atoms with E-state index in [1.807, 2.05) is 0 Å². The van der Waals surface area contributed by atoms with E-state index in [9.17, 15) is 45.4 Å². The van der Waals surface area contributed by atoms with Crippen molar-refractivity contribution in [1.82, 2.24) is 15.3 Å². The fourth-order valence-corrected chi connectivity index (χ4v) is 4.37. The Labute approximate surface area is 254 Å². The van der Waals surface area contributed by atoms with Gasteiger partial charge in [0.25, 0.3) is 5.91 Å². The zero-order valence-electron chi connectivity index (χ0n) is 22.4. The molecule has 0 aliphatic carbocycles. The van der Waals surface area contributed by atoms with E-state index in [1.54, 1.807) is 32.0 Å². The van der Waals surface area contributed by atoms with Gasteiger partial charge in [0, 0.05) is 11.8 Å². The van der Waals surface area contributed by atoms with Gasteiger partial charge < -0.3 is 20.8 Å². The van der Waals surface area contributed by atoms with Crippen molar-refractivity contribution in [2.45, 2.75) is 39.7 Å². The number of fused-ring (bicyclic) bond motifs is 1. The fourth-order valence-electron chi connectivity index (χ4n) is 3.49. The van der Waals surface area contributed by atoms with Crippen LogP contribution in [0, 0.1) is 11.7 Å². The molecule has 4 N–H and O–H groups in total. The van der Waals surface area contributed by atoms with Crippen LogP contribution in [0.25, 0.3) is 21.5 Å². The molecular formula is C28H25F7N4O5S. The summed E-state index contributed by atoms with van der Waals surface area (Å²) in [5.41, 5.74) is 0.683. The average molecular weight is 663 g/mol. The number of alkyl halides is 6. The number of halogens is 7. The van der Waals surface area contributed by atoms with Crippen LogP contribution < -0.4 is 10.6 Å². The molecule has 45 heavy (non-hydrogen) atoms. The second kappa shape index (κ2) is 14.3. The number of carboxylic acids is 2. The zero-order valence-corrected chi connectivity index (χ0v) is 23.2. The van der Waals surface area contributed by atoms with Gasteiger partial charge in [-0.15, -0.1) is 0 Å². The van der Waals surface area contributed by atoms with E-state index in [2.05, 4.69) is 20.6 Å². The second-order valence-electron chi connectivity index (χ2n) is 9.30. The summed E-state index contributed by atoms with van der Waals surface area (Å²) in [6.07, 6.45) is -8.91. The third kappa shape index (κ3) is 9.59. The number of hydrogen-bond donors (Lipinski definition) is 4. The summed E-state index contributed by atoms with van der Waals surface area (Å²) in [5.74, 6) is -5.34. The van der Waals surface area contributed by atoms with Crippen LogP contribution in [0.5, 0.6) is 0 Å². The Kier molecular flexibility index (Phi) is 11.6. The Morgan fingerprint density at radius 3 is 1.98 bits per heavy atom. The minimum Gasteiger partial charge on any atom is -0.480 e. The van der Waals surface area contributed by atoms with Gasteiger partial charge in [-0.2, -0.15) is 31.3 Å². The molecule has 0 saturated heterocycles. The highest BCUT2D eigenvalue weighted by Crippen LogP contribution is 2.34. The molecule has 1 amide bonds. The molecule has 0 spiro atoms. The predicted octanol–water partition coefficient (Wildman–Crippen LogP) is 7.37. The van der Waals surface area contributed by atoms with Crippen LogP contribution in [-0.2, 0) is 15.8 Å². The number of carboxylic acid groups (broad SMARTS) is 2. The first-order valence-electron chi connectivity index (χ1n) is 12.2. The highest BCUT2D eigenvalue weighted by atomic mass is 32.1. The molecule has 0 fully saturated rings. The molecule has 2 aromatic carbocycles. The number of amides is 1. The number of pyridine rings is 1. The van der Waals surface area contributed by atoms with Crippen molar-refractivity contribution in [3.05, 3.63) is 71.7 Å². The monoisotopic (exact) mass is 662 g/mol. The Bertz CT molecular complexity index is 1670. The highest BCUT2D eigenvalue weighted by Gasteiger charge is 2.38. The maximum Gasteiger partial charge on any atom is 0.490 e. The van der Waals surface area contributed by atoms with E-state index in [-0.39, 0.29) is 40.1 Å². The van der Waals surface area contributed by atoms with Gasteiger partial charge in [-0.05, 0) is 47.4 Å². The lowest BCUT2D eigenvalue weighted by Gasteiger charge is -2.18. The van der Waals surface area contributed by atoms with Crippen LogP contribution in [0.4, 0.5) is 41.6 Å². The first-order valence-corrected chi connectivity index (χ1v) is 13.0. The number of benzene rings is 2. The Morgan fingerprint density at radius 2 is 1.49 bits per heavy atom. The Balaban J connectivity index is 0.000000791. The van der Waals surface area contributed by atoms with Crippen LogP contribution in [0.15, 0.2) is 54.7 Å². The lowest BCUT2D eigenvalue weighted by molar-refractivity contribution is -0.192. The van der Waals surface area contributed by atoms with E-state index in [1.165, 1.54) is 24.3 Å². The minimum absolute atomic E-state index is 0. The average Bonchev–Trinajstić information content (AvgIpc) is 3.33. The number of rotatable bonds is 7. The topological polar surface area (TPSA) is 142 Å². The first-order chi connectivity index (χ1) is 20.4. The molecule has 0 bridgehead atoms. The van der Waals surface area contributed by atoms with Crippen LogP contribution in [0.2, 0.25) is 0 Å². The third-order valence-corrected chi connectivity index (χ3v) is 6.63. The van der Waals surface area contributed by atoms with Crippen molar-refractivity contribution < 1.29 is 55.3 Å². The lowest BCUT2D eigenvalue weighted by Crippen LogP contribution is -2.44. The van der Waals surface area contributed by atoms with Gasteiger partial charge in [-0.3, -0.25) is 4.79 Å². The van der Waals surface area contributed by atoms with Crippen molar-refractivity contribution in [2.75, 3.05) is 5.32 Å². The second-order valence-corrected chi connectivity index (χ2v) is 10.3. The number of carbonyl (C=O) groups excluding carboxylic acids is 1. The van der Waals surface area contributed by atoms with Crippen molar-refractivity contribution in [1.29, 1.82) is 0 Å². The van der Waals surface area contributed by atoms with Gasteiger partial charge in [0.1, 0.15) is 11.9 Å². The van der Waals surface area contributed by atoms with Crippen LogP contribution >= 0.6 is 11.3 Å². The van der Waals surface area contributed by atoms with Crippen LogP contribution in [0.3, 0.4) is 0 Å². The normalized spacial score (nSPS) is 12.0. The smallest absolute Gasteiger partial charge is 0.480 e. The molecule has 0 saturated carbocycles. The summed E-state index contributed by atoms with van der Waals surface area (Å²) < 4.78 is 85.5. The molecule has 0 aliphatic rings. The number of nitrogens with one attached hydrogen (secondary N) is 2. The van der Waals surface area contributed by atoms with Crippen LogP contribution in [0.1, 0.15) is 37.2 Å². The van der Waals surface area contributed by atoms with Crippen molar-refractivity contribution in [3.8, 4) is 11.1 Å². The van der Waals surface area contributed by atoms with E-state index < -0.39 is 47.6 Å². The number of anilines is 2. The maximum absolute atomic E-state index is 14.8. The molecule has 4 rings (SSSR count). The molecule has 1 atom stereocenters. The number of nitrogens with zero attached hydrogens (tertiary/aromatic N) is 2. The van der Waals surface area contributed by atoms with Crippen molar-refractivity contribution in [3.63, 3.8) is 0 Å². The summed E-state index contributed by atoms with van der Waals surface area (Å²) in [7, 11) is 0. The van der Waals surface area contributed by atoms with Crippen molar-refractivity contribution in [2.24, 2.45) is 5.92 Å². The predicted molar refractivity (Wildman–Crippen MR) is 152 cm³/mol. The SMILES string of the molecule is C.CC(C)[C@H](NC(=O)c1ccc(-c2ccc(Nc3nc4ncc(C(F)(F)F)cc4s3)c(F)c2)cc1)C(=O)O.O=C(O)C(F)(F)F. The van der Waals surface area contributed by atoms with E-state index >= 15 is 0 Å². The summed E-state index contributed by atoms with van der Waals surface area (Å²) in [6.45, 7) is 3.37. The van der Waals surface area contributed by atoms with E-state index in [0.717, 1.165) is 17.4 Å². The molecule has 0 aliphatic heterocycles. The summed E-state index contributed by atoms with van der Waals surface area (Å²) in [5, 5.41) is 21.8. The molecular weight excluding hydrogens is 637 g/mol. The quantitative estimate of drug-likeness (QED) is 0.150. The Morgan fingerprint density at radius 1 is 0.911 bits per heavy atom. The maximum atomic E-state index is 14.8.